The number of methoxy groups -OCH3 is 1. The van der Waals surface area contributed by atoms with Gasteiger partial charge in [0.05, 0.1) is 6.61 Å². The molecule has 1 nitrogen and oxygen atoms in total. The van der Waals surface area contributed by atoms with Crippen LogP contribution in [0.1, 0.15) is 20.3 Å². The van der Waals surface area contributed by atoms with Gasteiger partial charge in [-0.25, -0.2) is 0 Å². The van der Waals surface area contributed by atoms with Gasteiger partial charge in [-0.15, -0.1) is 0 Å². The molecule has 0 bridgehead atoms. The lowest BCUT2D eigenvalue weighted by molar-refractivity contribution is 0.0555. The second kappa shape index (κ2) is 2.39. The smallest absolute Gasteiger partial charge is 0.0501 e. The van der Waals surface area contributed by atoms with Crippen molar-refractivity contribution in [3.05, 3.63) is 12.2 Å². The molecule has 1 heteroatoms. The maximum absolute atomic E-state index is 5.09. The molecule has 1 saturated carbocycles. The third-order valence-corrected chi connectivity index (χ3v) is 2.79. The van der Waals surface area contributed by atoms with Crippen molar-refractivity contribution >= 4 is 0 Å². The summed E-state index contributed by atoms with van der Waals surface area (Å²) in [4.78, 5) is 0. The summed E-state index contributed by atoms with van der Waals surface area (Å²) >= 11 is 0. The molecule has 0 unspecified atom stereocenters. The second-order valence-corrected chi connectivity index (χ2v) is 3.68. The number of ether oxygens (including phenoxy) is 1. The Balaban J connectivity index is 2.46. The minimum Gasteiger partial charge on any atom is -0.384 e. The Bertz CT molecular complexity index is 147. The van der Waals surface area contributed by atoms with Crippen LogP contribution in [0.15, 0.2) is 12.2 Å². The fraction of sp³-hybridized carbons (Fsp3) is 0.778. The molecule has 1 rings (SSSR count). The van der Waals surface area contributed by atoms with Crippen LogP contribution >= 0.6 is 0 Å². The molecule has 1 atom stereocenters. The van der Waals surface area contributed by atoms with Crippen LogP contribution in [0.4, 0.5) is 0 Å². The lowest BCUT2D eigenvalue weighted by Crippen LogP contribution is -2.39. The van der Waals surface area contributed by atoms with Gasteiger partial charge < -0.3 is 4.74 Å². The fourth-order valence-corrected chi connectivity index (χ4v) is 1.44. The van der Waals surface area contributed by atoms with Crippen LogP contribution in [0.25, 0.3) is 0 Å². The topological polar surface area (TPSA) is 9.23 Å². The van der Waals surface area contributed by atoms with Crippen molar-refractivity contribution in [1.29, 1.82) is 0 Å². The molecule has 58 valence electrons. The predicted octanol–water partition coefficient (Wildman–Crippen LogP) is 2.24. The summed E-state index contributed by atoms with van der Waals surface area (Å²) < 4.78 is 5.09. The first-order valence-electron chi connectivity index (χ1n) is 3.76. The van der Waals surface area contributed by atoms with Crippen molar-refractivity contribution in [2.45, 2.75) is 20.3 Å². The van der Waals surface area contributed by atoms with Gasteiger partial charge in [0.2, 0.25) is 0 Å². The van der Waals surface area contributed by atoms with Gasteiger partial charge in [-0.05, 0) is 17.8 Å². The van der Waals surface area contributed by atoms with E-state index < -0.39 is 0 Å². The van der Waals surface area contributed by atoms with Gasteiger partial charge in [0.25, 0.3) is 0 Å². The van der Waals surface area contributed by atoms with Gasteiger partial charge in [0.15, 0.2) is 0 Å². The van der Waals surface area contributed by atoms with Crippen LogP contribution in [0, 0.1) is 11.3 Å². The molecule has 0 aromatic heterocycles. The number of hydrogen-bond donors (Lipinski definition) is 0. The summed E-state index contributed by atoms with van der Waals surface area (Å²) in [6.07, 6.45) is 1.15. The van der Waals surface area contributed by atoms with E-state index in [2.05, 4.69) is 20.4 Å². The quantitative estimate of drug-likeness (QED) is 0.534. The van der Waals surface area contributed by atoms with Gasteiger partial charge in [0.1, 0.15) is 0 Å². The molecule has 1 aliphatic carbocycles. The van der Waals surface area contributed by atoms with E-state index in [0.29, 0.717) is 11.3 Å². The Morgan fingerprint density at radius 1 is 1.70 bits per heavy atom. The molecule has 0 aromatic rings. The summed E-state index contributed by atoms with van der Waals surface area (Å²) in [7, 11) is 1.76. The van der Waals surface area contributed by atoms with Crippen molar-refractivity contribution in [3.8, 4) is 0 Å². The van der Waals surface area contributed by atoms with Crippen LogP contribution in [0.5, 0.6) is 0 Å². The molecule has 0 spiro atoms. The van der Waals surface area contributed by atoms with Crippen LogP contribution in [-0.2, 0) is 4.74 Å². The highest BCUT2D eigenvalue weighted by Crippen LogP contribution is 2.49. The molecule has 1 aliphatic rings. The highest BCUT2D eigenvalue weighted by molar-refractivity contribution is 5.20. The Morgan fingerprint density at radius 3 is 2.60 bits per heavy atom. The summed E-state index contributed by atoms with van der Waals surface area (Å²) in [5.41, 5.74) is 1.70. The van der Waals surface area contributed by atoms with Crippen LogP contribution in [0.3, 0.4) is 0 Å². The molecule has 0 aromatic carbocycles. The molecule has 0 aliphatic heterocycles. The number of rotatable bonds is 2. The van der Waals surface area contributed by atoms with E-state index in [4.69, 9.17) is 4.74 Å². The molecule has 0 saturated heterocycles. The predicted molar refractivity (Wildman–Crippen MR) is 42.9 cm³/mol. The largest absolute Gasteiger partial charge is 0.384 e. The summed E-state index contributed by atoms with van der Waals surface area (Å²) in [5, 5.41) is 0. The van der Waals surface area contributed by atoms with Crippen molar-refractivity contribution in [2.24, 2.45) is 11.3 Å². The van der Waals surface area contributed by atoms with Crippen molar-refractivity contribution in [2.75, 3.05) is 13.7 Å². The first-order valence-corrected chi connectivity index (χ1v) is 3.76. The highest BCUT2D eigenvalue weighted by Gasteiger charge is 2.41. The minimum absolute atomic E-state index is 0.329. The molecule has 0 radical (unpaired) electrons. The summed E-state index contributed by atoms with van der Waals surface area (Å²) in [6, 6.07) is 0. The Kier molecular flexibility index (Phi) is 1.86. The zero-order valence-electron chi connectivity index (χ0n) is 7.11. The first-order chi connectivity index (χ1) is 4.59. The Morgan fingerprint density at radius 2 is 2.30 bits per heavy atom. The fourth-order valence-electron chi connectivity index (χ4n) is 1.44. The lowest BCUT2D eigenvalue weighted by atomic mass is 9.60. The van der Waals surface area contributed by atoms with E-state index in [0.717, 1.165) is 13.0 Å². The maximum Gasteiger partial charge on any atom is 0.0501 e. The average molecular weight is 140 g/mol. The Labute approximate surface area is 63.1 Å². The van der Waals surface area contributed by atoms with Gasteiger partial charge in [-0.3, -0.25) is 0 Å². The van der Waals surface area contributed by atoms with Gasteiger partial charge >= 0.3 is 0 Å². The lowest BCUT2D eigenvalue weighted by Gasteiger charge is -2.46. The maximum atomic E-state index is 5.09. The van der Waals surface area contributed by atoms with Gasteiger partial charge in [0, 0.05) is 7.11 Å². The van der Waals surface area contributed by atoms with E-state index in [-0.39, 0.29) is 0 Å². The zero-order chi connectivity index (χ0) is 7.78. The van der Waals surface area contributed by atoms with Crippen LogP contribution < -0.4 is 0 Å². The summed E-state index contributed by atoms with van der Waals surface area (Å²) in [6.45, 7) is 9.35. The van der Waals surface area contributed by atoms with E-state index >= 15 is 0 Å². The molecule has 1 fully saturated rings. The van der Waals surface area contributed by atoms with Crippen LogP contribution in [0.2, 0.25) is 0 Å². The molecule has 0 amide bonds. The molecular weight excluding hydrogens is 124 g/mol. The highest BCUT2D eigenvalue weighted by atomic mass is 16.5. The zero-order valence-corrected chi connectivity index (χ0v) is 7.11. The standard InChI is InChI=1S/C9H16O/c1-7-5-8(6-10-4)9(7,2)3/h8H,1,5-6H2,2-4H3/t8-/m0/s1. The Hall–Kier alpha value is -0.300. The second-order valence-electron chi connectivity index (χ2n) is 3.68. The van der Waals surface area contributed by atoms with E-state index in [1.54, 1.807) is 7.11 Å². The van der Waals surface area contributed by atoms with E-state index in [1.807, 2.05) is 0 Å². The SMILES string of the molecule is C=C1C[C@@H](COC)C1(C)C. The number of allylic oxidation sites excluding steroid dienone is 1. The first kappa shape index (κ1) is 7.80. The monoisotopic (exact) mass is 140 g/mol. The van der Waals surface area contributed by atoms with Crippen molar-refractivity contribution in [1.82, 2.24) is 0 Å². The van der Waals surface area contributed by atoms with E-state index in [9.17, 15) is 0 Å². The number of hydrogen-bond acceptors (Lipinski definition) is 1. The van der Waals surface area contributed by atoms with E-state index in [1.165, 1.54) is 5.57 Å². The average Bonchev–Trinajstić information content (AvgIpc) is 1.88. The third-order valence-electron chi connectivity index (χ3n) is 2.79. The van der Waals surface area contributed by atoms with Gasteiger partial charge in [-0.1, -0.05) is 26.0 Å². The third kappa shape index (κ3) is 0.988. The van der Waals surface area contributed by atoms with Crippen molar-refractivity contribution < 1.29 is 4.74 Å². The summed E-state index contributed by atoms with van der Waals surface area (Å²) in [5.74, 6) is 0.699. The molecule has 0 heterocycles. The molecular formula is C9H16O. The molecule has 10 heavy (non-hydrogen) atoms. The normalized spacial score (nSPS) is 29.9. The molecule has 0 N–H and O–H groups in total. The minimum atomic E-state index is 0.329. The van der Waals surface area contributed by atoms with Crippen LogP contribution in [-0.4, -0.2) is 13.7 Å². The van der Waals surface area contributed by atoms with Gasteiger partial charge in [-0.2, -0.15) is 0 Å². The van der Waals surface area contributed by atoms with Crippen molar-refractivity contribution in [3.63, 3.8) is 0 Å².